The number of rotatable bonds is 5. The molecule has 8 nitrogen and oxygen atoms in total. The van der Waals surface area contributed by atoms with Gasteiger partial charge < -0.3 is 5.32 Å². The number of carbonyl (C=O) groups excluding carboxylic acids is 1. The molecule has 0 bridgehead atoms. The van der Waals surface area contributed by atoms with Gasteiger partial charge in [-0.1, -0.05) is 48.0 Å². The Morgan fingerprint density at radius 2 is 1.69 bits per heavy atom. The molecule has 0 radical (unpaired) electrons. The van der Waals surface area contributed by atoms with Crippen LogP contribution in [0.4, 0.5) is 0 Å². The van der Waals surface area contributed by atoms with Crippen LogP contribution in [0.5, 0.6) is 0 Å². The Morgan fingerprint density at radius 1 is 1.03 bits per heavy atom. The molecule has 0 aliphatic carbocycles. The number of aryl methyl sites for hydroxylation is 1. The Labute approximate surface area is 186 Å². The number of nitrogens with zero attached hydrogens (tertiary/aromatic N) is 4. The van der Waals surface area contributed by atoms with E-state index in [-0.39, 0.29) is 11.7 Å². The van der Waals surface area contributed by atoms with Gasteiger partial charge in [0, 0.05) is 32.7 Å². The van der Waals surface area contributed by atoms with Gasteiger partial charge in [0.2, 0.25) is 5.69 Å². The van der Waals surface area contributed by atoms with Crippen LogP contribution in [-0.4, -0.2) is 44.3 Å². The highest BCUT2D eigenvalue weighted by atomic mass is 16.2. The minimum absolute atomic E-state index is 0.0409. The predicted octanol–water partition coefficient (Wildman–Crippen LogP) is 1.63. The summed E-state index contributed by atoms with van der Waals surface area (Å²) in [5.41, 5.74) is 1.23. The van der Waals surface area contributed by atoms with Crippen LogP contribution in [0.25, 0.3) is 5.69 Å². The lowest BCUT2D eigenvalue weighted by molar-refractivity contribution is 0.0899. The van der Waals surface area contributed by atoms with E-state index in [1.807, 2.05) is 37.3 Å². The molecule has 4 rings (SSSR count). The molecular formula is C24H27N5O3. The average Bonchev–Trinajstić information content (AvgIpc) is 2.80. The fraction of sp³-hybridized carbons (Fsp3) is 0.333. The second-order valence-corrected chi connectivity index (χ2v) is 8.25. The predicted molar refractivity (Wildman–Crippen MR) is 122 cm³/mol. The third-order valence-corrected chi connectivity index (χ3v) is 5.84. The lowest BCUT2D eigenvalue weighted by atomic mass is 10.0. The standard InChI is InChI=1S/C24H27N5O3/c1-17-8-10-20(11-9-17)29-24(32)27(2)23(31)21(26-29)22(30)25-19-12-14-28(15-13-19)16-18-6-4-3-5-7-18/h3-11,19H,12-16H2,1-2H3,(H,25,30). The van der Waals surface area contributed by atoms with Crippen molar-refractivity contribution in [3.8, 4) is 5.69 Å². The summed E-state index contributed by atoms with van der Waals surface area (Å²) in [6, 6.07) is 17.4. The Morgan fingerprint density at radius 3 is 2.34 bits per heavy atom. The second kappa shape index (κ2) is 9.32. The third-order valence-electron chi connectivity index (χ3n) is 5.84. The van der Waals surface area contributed by atoms with Crippen molar-refractivity contribution in [2.75, 3.05) is 13.1 Å². The van der Waals surface area contributed by atoms with Gasteiger partial charge in [-0.15, -0.1) is 0 Å². The number of likely N-dealkylation sites (tertiary alicyclic amines) is 1. The second-order valence-electron chi connectivity index (χ2n) is 8.25. The van der Waals surface area contributed by atoms with Gasteiger partial charge in [0.25, 0.3) is 11.5 Å². The number of hydrogen-bond acceptors (Lipinski definition) is 5. The molecule has 0 spiro atoms. The number of carbonyl (C=O) groups is 1. The first-order valence-electron chi connectivity index (χ1n) is 10.8. The Hall–Kier alpha value is -3.52. The van der Waals surface area contributed by atoms with Crippen LogP contribution < -0.4 is 16.6 Å². The van der Waals surface area contributed by atoms with E-state index in [9.17, 15) is 14.4 Å². The minimum atomic E-state index is -0.697. The number of aromatic nitrogens is 3. The molecule has 1 fully saturated rings. The number of piperidine rings is 1. The minimum Gasteiger partial charge on any atom is -0.348 e. The van der Waals surface area contributed by atoms with E-state index in [1.165, 1.54) is 12.6 Å². The van der Waals surface area contributed by atoms with E-state index in [2.05, 4.69) is 27.4 Å². The smallest absolute Gasteiger partial charge is 0.348 e. The summed E-state index contributed by atoms with van der Waals surface area (Å²) in [5.74, 6) is -0.548. The molecule has 0 atom stereocenters. The maximum Gasteiger partial charge on any atom is 0.351 e. The first kappa shape index (κ1) is 21.7. The van der Waals surface area contributed by atoms with Gasteiger partial charge in [0.15, 0.2) is 0 Å². The van der Waals surface area contributed by atoms with E-state index in [4.69, 9.17) is 0 Å². The molecule has 2 heterocycles. The normalized spacial score (nSPS) is 14.9. The quantitative estimate of drug-likeness (QED) is 0.661. The molecule has 1 amide bonds. The molecule has 1 aliphatic heterocycles. The van der Waals surface area contributed by atoms with Crippen LogP contribution in [-0.2, 0) is 13.6 Å². The summed E-state index contributed by atoms with van der Waals surface area (Å²) in [5, 5.41) is 7.06. The van der Waals surface area contributed by atoms with Gasteiger partial charge >= 0.3 is 5.69 Å². The lowest BCUT2D eigenvalue weighted by Gasteiger charge is -2.32. The van der Waals surface area contributed by atoms with Crippen LogP contribution in [0, 0.1) is 6.92 Å². The zero-order valence-corrected chi connectivity index (χ0v) is 18.3. The van der Waals surface area contributed by atoms with Crippen molar-refractivity contribution in [2.24, 2.45) is 7.05 Å². The molecule has 2 aromatic carbocycles. The monoisotopic (exact) mass is 433 g/mol. The third kappa shape index (κ3) is 4.70. The van der Waals surface area contributed by atoms with Gasteiger partial charge in [-0.05, 0) is 37.5 Å². The van der Waals surface area contributed by atoms with Crippen LogP contribution in [0.15, 0.2) is 64.2 Å². The van der Waals surface area contributed by atoms with Crippen molar-refractivity contribution in [1.82, 2.24) is 24.6 Å². The molecule has 1 aromatic heterocycles. The highest BCUT2D eigenvalue weighted by Crippen LogP contribution is 2.14. The Balaban J connectivity index is 1.46. The van der Waals surface area contributed by atoms with E-state index in [0.717, 1.165) is 47.3 Å². The zero-order chi connectivity index (χ0) is 22.7. The number of hydrogen-bond donors (Lipinski definition) is 1. The van der Waals surface area contributed by atoms with E-state index < -0.39 is 17.2 Å². The van der Waals surface area contributed by atoms with Crippen molar-refractivity contribution in [3.05, 3.63) is 92.3 Å². The number of nitrogens with one attached hydrogen (secondary N) is 1. The number of amides is 1. The van der Waals surface area contributed by atoms with Crippen molar-refractivity contribution < 1.29 is 4.79 Å². The summed E-state index contributed by atoms with van der Waals surface area (Å²) in [6.07, 6.45) is 1.58. The van der Waals surface area contributed by atoms with Crippen LogP contribution in [0.3, 0.4) is 0 Å². The molecule has 1 aliphatic rings. The van der Waals surface area contributed by atoms with Gasteiger partial charge in [0.1, 0.15) is 0 Å². The molecule has 166 valence electrons. The van der Waals surface area contributed by atoms with Crippen molar-refractivity contribution in [2.45, 2.75) is 32.4 Å². The molecule has 0 saturated carbocycles. The summed E-state index contributed by atoms with van der Waals surface area (Å²) in [4.78, 5) is 40.4. The van der Waals surface area contributed by atoms with Crippen molar-refractivity contribution >= 4 is 5.91 Å². The summed E-state index contributed by atoms with van der Waals surface area (Å²) in [7, 11) is 1.36. The fourth-order valence-electron chi connectivity index (χ4n) is 3.90. The molecule has 32 heavy (non-hydrogen) atoms. The maximum absolute atomic E-state index is 12.9. The maximum atomic E-state index is 12.9. The molecule has 3 aromatic rings. The highest BCUT2D eigenvalue weighted by molar-refractivity contribution is 5.92. The largest absolute Gasteiger partial charge is 0.351 e. The fourth-order valence-corrected chi connectivity index (χ4v) is 3.90. The van der Waals surface area contributed by atoms with E-state index >= 15 is 0 Å². The summed E-state index contributed by atoms with van der Waals surface area (Å²) < 4.78 is 2.02. The van der Waals surface area contributed by atoms with E-state index in [1.54, 1.807) is 12.1 Å². The molecule has 0 unspecified atom stereocenters. The molecular weight excluding hydrogens is 406 g/mol. The summed E-state index contributed by atoms with van der Waals surface area (Å²) in [6.45, 7) is 4.53. The first-order valence-corrected chi connectivity index (χ1v) is 10.8. The molecule has 8 heteroatoms. The van der Waals surface area contributed by atoms with Crippen molar-refractivity contribution in [1.29, 1.82) is 0 Å². The lowest BCUT2D eigenvalue weighted by Crippen LogP contribution is -2.48. The van der Waals surface area contributed by atoms with Gasteiger partial charge in [0.05, 0.1) is 5.69 Å². The van der Waals surface area contributed by atoms with Crippen molar-refractivity contribution in [3.63, 3.8) is 0 Å². The summed E-state index contributed by atoms with van der Waals surface area (Å²) >= 11 is 0. The zero-order valence-electron chi connectivity index (χ0n) is 18.3. The Bertz CT molecular complexity index is 1210. The highest BCUT2D eigenvalue weighted by Gasteiger charge is 2.24. The average molecular weight is 434 g/mol. The first-order chi connectivity index (χ1) is 15.4. The Kier molecular flexibility index (Phi) is 6.32. The number of benzene rings is 2. The van der Waals surface area contributed by atoms with Crippen LogP contribution in [0.1, 0.15) is 34.5 Å². The molecule has 1 N–H and O–H groups in total. The van der Waals surface area contributed by atoms with Crippen LogP contribution in [0.2, 0.25) is 0 Å². The van der Waals surface area contributed by atoms with Gasteiger partial charge in [-0.3, -0.25) is 19.1 Å². The topological polar surface area (TPSA) is 89.2 Å². The van der Waals surface area contributed by atoms with Crippen LogP contribution >= 0.6 is 0 Å². The molecule has 1 saturated heterocycles. The van der Waals surface area contributed by atoms with Gasteiger partial charge in [-0.2, -0.15) is 9.78 Å². The van der Waals surface area contributed by atoms with Gasteiger partial charge in [-0.25, -0.2) is 4.79 Å². The van der Waals surface area contributed by atoms with E-state index in [0.29, 0.717) is 5.69 Å². The SMILES string of the molecule is Cc1ccc(-n2nc(C(=O)NC3CCN(Cc4ccccc4)CC3)c(=O)n(C)c2=O)cc1.